The molecule has 2 heterocycles. The Morgan fingerprint density at radius 3 is 2.69 bits per heavy atom. The predicted molar refractivity (Wildman–Crippen MR) is 52.7 cm³/mol. The molecule has 1 atom stereocenters. The van der Waals surface area contributed by atoms with Crippen LogP contribution in [0.25, 0.3) is 0 Å². The first-order valence-electron chi connectivity index (χ1n) is 4.86. The number of hydrogen-bond donors (Lipinski definition) is 1. The van der Waals surface area contributed by atoms with Gasteiger partial charge in [0, 0.05) is 13.1 Å². The highest BCUT2D eigenvalue weighted by molar-refractivity contribution is 8.00. The van der Waals surface area contributed by atoms with Crippen LogP contribution in [0.3, 0.4) is 0 Å². The lowest BCUT2D eigenvalue weighted by Crippen LogP contribution is -2.56. The minimum absolute atomic E-state index is 0.182. The summed E-state index contributed by atoms with van der Waals surface area (Å²) < 4.78 is 0. The molecule has 74 valence electrons. The standard InChI is InChI=1S/C9H15NO2S/c11-7-5-10(6-7)9(12)8-3-1-2-4-13-8/h7-8,11H,1-6H2. The fourth-order valence-electron chi connectivity index (χ4n) is 1.77. The van der Waals surface area contributed by atoms with Crippen LogP contribution in [0.5, 0.6) is 0 Å². The first kappa shape index (κ1) is 9.34. The van der Waals surface area contributed by atoms with E-state index >= 15 is 0 Å². The van der Waals surface area contributed by atoms with Crippen LogP contribution in [0.2, 0.25) is 0 Å². The average molecular weight is 201 g/mol. The molecule has 0 spiro atoms. The second kappa shape index (κ2) is 3.88. The van der Waals surface area contributed by atoms with Crippen molar-refractivity contribution < 1.29 is 9.90 Å². The average Bonchev–Trinajstić information content (AvgIpc) is 2.13. The molecule has 2 aliphatic heterocycles. The van der Waals surface area contributed by atoms with Gasteiger partial charge >= 0.3 is 0 Å². The van der Waals surface area contributed by atoms with Crippen LogP contribution in [0.1, 0.15) is 19.3 Å². The van der Waals surface area contributed by atoms with Crippen LogP contribution in [-0.4, -0.2) is 46.1 Å². The quantitative estimate of drug-likeness (QED) is 0.670. The Hall–Kier alpha value is -0.220. The number of hydrogen-bond acceptors (Lipinski definition) is 3. The minimum atomic E-state index is -0.266. The lowest BCUT2D eigenvalue weighted by atomic mass is 10.1. The maximum Gasteiger partial charge on any atom is 0.235 e. The topological polar surface area (TPSA) is 40.5 Å². The van der Waals surface area contributed by atoms with Crippen molar-refractivity contribution in [1.82, 2.24) is 4.90 Å². The Balaban J connectivity index is 1.82. The summed E-state index contributed by atoms with van der Waals surface area (Å²) in [6.07, 6.45) is 3.19. The molecule has 13 heavy (non-hydrogen) atoms. The van der Waals surface area contributed by atoms with E-state index < -0.39 is 0 Å². The van der Waals surface area contributed by atoms with E-state index in [0.717, 1.165) is 12.2 Å². The summed E-state index contributed by atoms with van der Waals surface area (Å²) in [6.45, 7) is 1.10. The molecule has 0 saturated carbocycles. The van der Waals surface area contributed by atoms with Crippen molar-refractivity contribution in [2.45, 2.75) is 30.6 Å². The maximum absolute atomic E-state index is 11.7. The molecule has 2 fully saturated rings. The van der Waals surface area contributed by atoms with Crippen molar-refractivity contribution in [3.63, 3.8) is 0 Å². The van der Waals surface area contributed by atoms with Crippen molar-refractivity contribution in [1.29, 1.82) is 0 Å². The van der Waals surface area contributed by atoms with Crippen LogP contribution in [0.15, 0.2) is 0 Å². The van der Waals surface area contributed by atoms with Gasteiger partial charge in [-0.15, -0.1) is 11.8 Å². The summed E-state index contributed by atoms with van der Waals surface area (Å²) in [5.74, 6) is 1.36. The lowest BCUT2D eigenvalue weighted by Gasteiger charge is -2.38. The largest absolute Gasteiger partial charge is 0.389 e. The number of nitrogens with zero attached hydrogens (tertiary/aromatic N) is 1. The van der Waals surface area contributed by atoms with Gasteiger partial charge in [-0.05, 0) is 18.6 Å². The molecule has 2 saturated heterocycles. The highest BCUT2D eigenvalue weighted by Gasteiger charge is 2.33. The van der Waals surface area contributed by atoms with E-state index in [-0.39, 0.29) is 17.3 Å². The van der Waals surface area contributed by atoms with Crippen LogP contribution in [-0.2, 0) is 4.79 Å². The van der Waals surface area contributed by atoms with E-state index in [4.69, 9.17) is 5.11 Å². The van der Waals surface area contributed by atoms with Gasteiger partial charge in [0.05, 0.1) is 11.4 Å². The van der Waals surface area contributed by atoms with Gasteiger partial charge in [0.2, 0.25) is 5.91 Å². The van der Waals surface area contributed by atoms with Crippen molar-refractivity contribution in [2.24, 2.45) is 0 Å². The minimum Gasteiger partial charge on any atom is -0.389 e. The van der Waals surface area contributed by atoms with Crippen molar-refractivity contribution >= 4 is 17.7 Å². The molecule has 0 radical (unpaired) electrons. The van der Waals surface area contributed by atoms with Crippen LogP contribution in [0, 0.1) is 0 Å². The number of rotatable bonds is 1. The molecule has 3 nitrogen and oxygen atoms in total. The van der Waals surface area contributed by atoms with E-state index in [2.05, 4.69) is 0 Å². The normalized spacial score (nSPS) is 29.9. The number of amides is 1. The van der Waals surface area contributed by atoms with E-state index in [1.807, 2.05) is 0 Å². The van der Waals surface area contributed by atoms with Gasteiger partial charge < -0.3 is 10.0 Å². The van der Waals surface area contributed by atoms with Gasteiger partial charge in [0.15, 0.2) is 0 Å². The van der Waals surface area contributed by atoms with E-state index in [1.54, 1.807) is 16.7 Å². The molecule has 0 aromatic heterocycles. The Morgan fingerprint density at radius 1 is 1.38 bits per heavy atom. The van der Waals surface area contributed by atoms with Crippen LogP contribution in [0.4, 0.5) is 0 Å². The van der Waals surface area contributed by atoms with Gasteiger partial charge in [-0.3, -0.25) is 4.79 Å². The number of aliphatic hydroxyl groups excluding tert-OH is 1. The van der Waals surface area contributed by atoms with Gasteiger partial charge in [-0.25, -0.2) is 0 Å². The van der Waals surface area contributed by atoms with Crippen LogP contribution < -0.4 is 0 Å². The first-order valence-corrected chi connectivity index (χ1v) is 5.90. The number of β-amino-alcohol motifs (C(OH)–C–C–N with tert-alkyl or cyclic N) is 1. The molecule has 1 N–H and O–H groups in total. The number of thioether (sulfide) groups is 1. The predicted octanol–water partition coefficient (Wildman–Crippen LogP) is 0.475. The molecule has 1 unspecified atom stereocenters. The zero-order valence-electron chi connectivity index (χ0n) is 7.61. The Labute approximate surface area is 82.5 Å². The number of likely N-dealkylation sites (tertiary alicyclic amines) is 1. The van der Waals surface area contributed by atoms with Crippen molar-refractivity contribution in [3.05, 3.63) is 0 Å². The summed E-state index contributed by atoms with van der Waals surface area (Å²) in [4.78, 5) is 13.5. The fraction of sp³-hybridized carbons (Fsp3) is 0.889. The summed E-state index contributed by atoms with van der Waals surface area (Å²) in [5.41, 5.74) is 0. The van der Waals surface area contributed by atoms with E-state index in [0.29, 0.717) is 13.1 Å². The highest BCUT2D eigenvalue weighted by atomic mass is 32.2. The fourth-order valence-corrected chi connectivity index (χ4v) is 3.05. The van der Waals surface area contributed by atoms with E-state index in [1.165, 1.54) is 12.8 Å². The third-order valence-corrected chi connectivity index (χ3v) is 3.99. The molecule has 1 amide bonds. The van der Waals surface area contributed by atoms with Crippen LogP contribution >= 0.6 is 11.8 Å². The zero-order chi connectivity index (χ0) is 9.26. The molecule has 2 aliphatic rings. The number of carbonyl (C=O) groups is 1. The Morgan fingerprint density at radius 2 is 2.15 bits per heavy atom. The van der Waals surface area contributed by atoms with Crippen molar-refractivity contribution in [2.75, 3.05) is 18.8 Å². The molecular formula is C9H15NO2S. The second-order valence-electron chi connectivity index (χ2n) is 3.75. The molecule has 2 rings (SSSR count). The van der Waals surface area contributed by atoms with Gasteiger partial charge in [-0.1, -0.05) is 6.42 Å². The summed E-state index contributed by atoms with van der Waals surface area (Å²) in [7, 11) is 0. The molecule has 0 aromatic carbocycles. The Bertz CT molecular complexity index is 198. The summed E-state index contributed by atoms with van der Waals surface area (Å²) in [6, 6.07) is 0. The lowest BCUT2D eigenvalue weighted by molar-refractivity contribution is -0.140. The zero-order valence-corrected chi connectivity index (χ0v) is 8.42. The third-order valence-electron chi connectivity index (χ3n) is 2.63. The molecule has 4 heteroatoms. The van der Waals surface area contributed by atoms with Crippen molar-refractivity contribution in [3.8, 4) is 0 Å². The smallest absolute Gasteiger partial charge is 0.235 e. The SMILES string of the molecule is O=C(C1CCCCS1)N1CC(O)C1. The summed E-state index contributed by atoms with van der Waals surface area (Å²) in [5, 5.41) is 9.25. The summed E-state index contributed by atoms with van der Waals surface area (Å²) >= 11 is 1.78. The van der Waals surface area contributed by atoms with Gasteiger partial charge in [-0.2, -0.15) is 0 Å². The molecule has 0 aromatic rings. The van der Waals surface area contributed by atoms with E-state index in [9.17, 15) is 4.79 Å². The monoisotopic (exact) mass is 201 g/mol. The first-order chi connectivity index (χ1) is 6.27. The molecule has 0 bridgehead atoms. The van der Waals surface area contributed by atoms with Gasteiger partial charge in [0.1, 0.15) is 0 Å². The Kier molecular flexibility index (Phi) is 2.79. The number of carbonyl (C=O) groups excluding carboxylic acids is 1. The highest BCUT2D eigenvalue weighted by Crippen LogP contribution is 2.27. The third kappa shape index (κ3) is 1.99. The van der Waals surface area contributed by atoms with Gasteiger partial charge in [0.25, 0.3) is 0 Å². The maximum atomic E-state index is 11.7. The second-order valence-corrected chi connectivity index (χ2v) is 5.06. The molecule has 0 aliphatic carbocycles. The molecular weight excluding hydrogens is 186 g/mol. The number of aliphatic hydroxyl groups is 1.